The van der Waals surface area contributed by atoms with E-state index in [1.54, 1.807) is 0 Å². The van der Waals surface area contributed by atoms with Gasteiger partial charge in [-0.1, -0.05) is 214 Å². The van der Waals surface area contributed by atoms with Crippen LogP contribution in [0, 0.1) is 0 Å². The minimum absolute atomic E-state index is 0.100. The van der Waals surface area contributed by atoms with E-state index >= 15 is 0 Å². The SMILES string of the molecule is CC(C)c1cccc(C(C)C)c1-n1cc[n+](C)c1N1C=CN(C(C)(C)c2cc3ccccc3n2C)[C@@H]1C.CC(C)c1cccc(C(C)C)c1-n1cc[n+](C)c1N1C=CN(C(C)(C)c2cncn2C)[C@@H]1C.CC(C)c1cccc(C(C)C)c1-n1cc[n+](C)c1N1C=CN(C(C)(C)c2nc3ccccc3n2C)[C@@H]1C.CC(C)c1cccc(C(C)C)c1-n1cc[n+](C)c1N1C=CN(C(C)(C)c2nccn2C)[C@@H]1C. The third-order valence-electron chi connectivity index (χ3n) is 30.2. The zero-order chi connectivity index (χ0) is 101. The second-order valence-electron chi connectivity index (χ2n) is 43.8. The summed E-state index contributed by atoms with van der Waals surface area (Å²) < 4.78 is 27.3. The standard InChI is InChI=1S/C32H42N5.C31H41N6.2C27H39N6/c1-22(2)26-14-12-15-27(23(3)4)30(26)36-18-17-33(8)31(36)35-19-20-37(24(35)5)32(6,7)29-21-25-13-10-11-16-28(25)34(29)9;1-21(2)24-13-12-14-25(22(3)4)28(24)36-18-17-33(8)30(36)35-19-20-37(23(35)5)31(6,7)29-32-26-15-10-11-16-27(26)34(29)9;1-19(2)22-11-10-12-23(20(3)4)25(22)32-14-13-29(8)26(32)31-15-16-33(21(31)5)27(6,7)24-17-28-18-30(24)9;1-19(2)22-11-10-12-23(20(3)4)24(22)32-16-15-30(9)26(32)31-17-18-33(21(31)5)27(6,7)25-28-13-14-29(25)8/h10-24H,1-9H3;10-23H,1-9H3;2*10-21H,1-9H3/q4*+1/t24-;23-;2*21-/m1111/s1. The first-order chi connectivity index (χ1) is 66.2. The van der Waals surface area contributed by atoms with Crippen LogP contribution in [0.5, 0.6) is 0 Å². The smallest absolute Gasteiger partial charge is 0.346 e. The Morgan fingerprint density at radius 1 is 0.307 bits per heavy atom. The molecule has 14 aromatic rings. The molecule has 6 aromatic carbocycles. The summed E-state index contributed by atoms with van der Waals surface area (Å²) in [5.41, 5.74) is 21.2. The summed E-state index contributed by atoms with van der Waals surface area (Å²) in [4.78, 5) is 33.3. The Labute approximate surface area is 835 Å². The highest BCUT2D eigenvalue weighted by molar-refractivity contribution is 5.82. The normalized spacial score (nSPS) is 16.4. The molecule has 740 valence electrons. The molecule has 0 N–H and O–H groups in total. The van der Waals surface area contributed by atoms with E-state index in [0.717, 1.165) is 46.5 Å². The average Bonchev–Trinajstić information content (AvgIpc) is 1.60. The van der Waals surface area contributed by atoms with Crippen LogP contribution in [-0.4, -0.2) is 95.8 Å². The van der Waals surface area contributed by atoms with Crippen molar-refractivity contribution in [3.63, 3.8) is 0 Å². The lowest BCUT2D eigenvalue weighted by atomic mass is 9.92. The molecule has 23 heteroatoms. The Bertz CT molecular complexity index is 6370. The predicted octanol–water partition coefficient (Wildman–Crippen LogP) is 23.5. The van der Waals surface area contributed by atoms with E-state index in [1.807, 2.05) is 24.9 Å². The fraction of sp³-hybridized carbons (Fsp3) is 0.444. The van der Waals surface area contributed by atoms with Gasteiger partial charge in [-0.25, -0.2) is 71.1 Å². The number of para-hydroxylation sites is 7. The molecule has 8 aromatic heterocycles. The van der Waals surface area contributed by atoms with Crippen LogP contribution in [0.3, 0.4) is 0 Å². The largest absolute Gasteiger partial charge is 0.370 e. The second-order valence-corrected chi connectivity index (χ2v) is 43.8. The van der Waals surface area contributed by atoms with E-state index in [2.05, 4.69) is 581 Å². The number of hydrogen-bond acceptors (Lipinski definition) is 11. The van der Waals surface area contributed by atoms with Crippen LogP contribution in [0.15, 0.2) is 251 Å². The quantitative estimate of drug-likeness (QED) is 0.0538. The Kier molecular flexibility index (Phi) is 28.6. The number of benzene rings is 6. The van der Waals surface area contributed by atoms with Gasteiger partial charge in [-0.15, -0.1) is 0 Å². The van der Waals surface area contributed by atoms with Crippen molar-refractivity contribution in [3.05, 3.63) is 319 Å². The van der Waals surface area contributed by atoms with Crippen LogP contribution in [0.25, 0.3) is 44.7 Å². The van der Waals surface area contributed by atoms with Crippen molar-refractivity contribution in [1.82, 2.24) is 71.1 Å². The van der Waals surface area contributed by atoms with Crippen LogP contribution in [0.2, 0.25) is 0 Å². The van der Waals surface area contributed by atoms with Gasteiger partial charge < -0.3 is 37.9 Å². The molecule has 4 aliphatic heterocycles. The fourth-order valence-electron chi connectivity index (χ4n) is 22.6. The number of aryl methyl sites for hydroxylation is 8. The first kappa shape index (κ1) is 101. The number of fused-ring (bicyclic) bond motifs is 2. The Morgan fingerprint density at radius 3 is 0.886 bits per heavy atom. The highest BCUT2D eigenvalue weighted by atomic mass is 15.5. The van der Waals surface area contributed by atoms with Crippen molar-refractivity contribution < 1.29 is 18.3 Å². The van der Waals surface area contributed by atoms with Gasteiger partial charge in [0.15, 0.2) is 24.7 Å². The number of rotatable bonds is 24. The van der Waals surface area contributed by atoms with E-state index < -0.39 is 0 Å². The van der Waals surface area contributed by atoms with Crippen molar-refractivity contribution in [3.8, 4) is 22.7 Å². The number of anilines is 4. The van der Waals surface area contributed by atoms with Crippen LogP contribution >= 0.6 is 0 Å². The Hall–Kier alpha value is -13.1. The van der Waals surface area contributed by atoms with Crippen LogP contribution < -0.4 is 37.9 Å². The molecule has 0 saturated carbocycles. The summed E-state index contributed by atoms with van der Waals surface area (Å²) in [6, 6.07) is 46.4. The van der Waals surface area contributed by atoms with E-state index in [4.69, 9.17) is 4.98 Å². The van der Waals surface area contributed by atoms with Gasteiger partial charge in [0.1, 0.15) is 59.2 Å². The fourth-order valence-corrected chi connectivity index (χ4v) is 22.6. The maximum absolute atomic E-state index is 5.05. The molecule has 0 spiro atoms. The second kappa shape index (κ2) is 39.6. The van der Waals surface area contributed by atoms with E-state index in [9.17, 15) is 0 Å². The molecule has 4 aliphatic rings. The molecule has 18 rings (SSSR count). The summed E-state index contributed by atoms with van der Waals surface area (Å²) >= 11 is 0. The third kappa shape index (κ3) is 18.2. The summed E-state index contributed by atoms with van der Waals surface area (Å²) in [6.45, 7) is 63.8. The lowest BCUT2D eigenvalue weighted by molar-refractivity contribution is -0.657. The minimum Gasteiger partial charge on any atom is -0.346 e. The van der Waals surface area contributed by atoms with Gasteiger partial charge >= 0.3 is 23.8 Å². The molecule has 4 atom stereocenters. The topological polar surface area (TPSA) is 120 Å². The maximum atomic E-state index is 5.05. The summed E-state index contributed by atoms with van der Waals surface area (Å²) in [5, 5.41) is 1.28. The number of aromatic nitrogens is 15. The zero-order valence-electron chi connectivity index (χ0n) is 90.9. The molecule has 0 aliphatic carbocycles. The lowest BCUT2D eigenvalue weighted by Gasteiger charge is -2.39. The number of imidazole rings is 7. The molecule has 0 saturated heterocycles. The minimum atomic E-state index is -0.312. The van der Waals surface area contributed by atoms with Gasteiger partial charge in [-0.3, -0.25) is 0 Å². The van der Waals surface area contributed by atoms with Crippen molar-refractivity contribution in [2.24, 2.45) is 56.4 Å². The van der Waals surface area contributed by atoms with Gasteiger partial charge in [-0.2, -0.15) is 0 Å². The maximum Gasteiger partial charge on any atom is 0.370 e. The average molecular weight is 1890 g/mol. The number of hydrogen-bond donors (Lipinski definition) is 0. The molecule has 0 amide bonds. The molecule has 0 unspecified atom stereocenters. The first-order valence-corrected chi connectivity index (χ1v) is 50.9. The Morgan fingerprint density at radius 2 is 0.600 bits per heavy atom. The molecule has 0 radical (unpaired) electrons. The molecule has 0 fully saturated rings. The van der Waals surface area contributed by atoms with Crippen molar-refractivity contribution in [1.29, 1.82) is 0 Å². The van der Waals surface area contributed by atoms with Crippen molar-refractivity contribution in [2.45, 2.75) is 288 Å². The molecular formula is C117H161N23+4. The molecular weight excluding hydrogens is 1730 g/mol. The highest BCUT2D eigenvalue weighted by Gasteiger charge is 2.49. The van der Waals surface area contributed by atoms with E-state index in [-0.39, 0.29) is 46.8 Å². The van der Waals surface area contributed by atoms with Gasteiger partial charge in [0, 0.05) is 76.6 Å². The highest BCUT2D eigenvalue weighted by Crippen LogP contribution is 2.46. The Balaban J connectivity index is 0.000000141. The van der Waals surface area contributed by atoms with Crippen LogP contribution in [0.1, 0.15) is 309 Å². The van der Waals surface area contributed by atoms with Gasteiger partial charge in [0.2, 0.25) is 0 Å². The monoisotopic (exact) mass is 1890 g/mol. The summed E-state index contributed by atoms with van der Waals surface area (Å²) in [7, 11) is 17.0. The first-order valence-electron chi connectivity index (χ1n) is 50.9. The molecule has 23 nitrogen and oxygen atoms in total. The van der Waals surface area contributed by atoms with Crippen molar-refractivity contribution in [2.75, 3.05) is 19.6 Å². The van der Waals surface area contributed by atoms with Crippen LogP contribution in [0.4, 0.5) is 23.8 Å². The summed E-state index contributed by atoms with van der Waals surface area (Å²) in [6.07, 6.45) is 43.5. The lowest BCUT2D eigenvalue weighted by Crippen LogP contribution is -2.50. The molecule has 0 bridgehead atoms. The predicted molar refractivity (Wildman–Crippen MR) is 574 cm³/mol. The van der Waals surface area contributed by atoms with Crippen LogP contribution in [-0.2, 0) is 78.5 Å². The number of nitrogens with zero attached hydrogens (tertiary/aromatic N) is 23. The zero-order valence-corrected chi connectivity index (χ0v) is 90.9. The summed E-state index contributed by atoms with van der Waals surface area (Å²) in [5.74, 6) is 10.2. The molecule has 12 heterocycles. The van der Waals surface area contributed by atoms with Crippen molar-refractivity contribution >= 4 is 45.7 Å². The van der Waals surface area contributed by atoms with Gasteiger partial charge in [0.05, 0.1) is 129 Å². The van der Waals surface area contributed by atoms with E-state index in [0.29, 0.717) is 47.3 Å². The third-order valence-corrected chi connectivity index (χ3v) is 30.2. The van der Waals surface area contributed by atoms with Gasteiger partial charge in [-0.05, 0) is 205 Å². The molecule has 140 heavy (non-hydrogen) atoms. The van der Waals surface area contributed by atoms with Gasteiger partial charge in [0.25, 0.3) is 0 Å². The van der Waals surface area contributed by atoms with E-state index in [1.165, 1.54) is 89.5 Å².